The van der Waals surface area contributed by atoms with Crippen molar-refractivity contribution in [3.05, 3.63) is 54.5 Å². The summed E-state index contributed by atoms with van der Waals surface area (Å²) in [5, 5.41) is 7.76. The molecule has 2 aromatic heterocycles. The van der Waals surface area contributed by atoms with Crippen molar-refractivity contribution in [2.75, 3.05) is 12.4 Å². The first kappa shape index (κ1) is 19.4. The maximum atomic E-state index is 4.56. The summed E-state index contributed by atoms with van der Waals surface area (Å²) >= 11 is 0. The molecule has 128 valence electrons. The van der Waals surface area contributed by atoms with Crippen molar-refractivity contribution in [2.24, 2.45) is 0 Å². The molecule has 1 aromatic carbocycles. The number of nitrogens with one attached hydrogen (secondary N) is 1. The molecule has 24 heavy (non-hydrogen) atoms. The van der Waals surface area contributed by atoms with Crippen LogP contribution in [0.15, 0.2) is 48.8 Å². The van der Waals surface area contributed by atoms with E-state index in [-0.39, 0.29) is 0 Å². The van der Waals surface area contributed by atoms with Crippen LogP contribution in [0, 0.1) is 6.92 Å². The largest absolute Gasteiger partial charge is 0.372 e. The van der Waals surface area contributed by atoms with E-state index in [0.717, 1.165) is 22.6 Å². The molecule has 0 amide bonds. The number of rotatable bonds is 3. The van der Waals surface area contributed by atoms with Crippen LogP contribution in [0.2, 0.25) is 0 Å². The summed E-state index contributed by atoms with van der Waals surface area (Å²) in [7, 11) is 1.88. The maximum Gasteiger partial charge on any atom is 0.252 e. The number of hydrogen-bond donors (Lipinski definition) is 1. The van der Waals surface area contributed by atoms with E-state index in [1.165, 1.54) is 0 Å². The number of nitrogens with zero attached hydrogens (tertiary/aromatic N) is 4. The van der Waals surface area contributed by atoms with Gasteiger partial charge in [0.2, 0.25) is 0 Å². The number of aryl methyl sites for hydroxylation is 1. The van der Waals surface area contributed by atoms with Gasteiger partial charge in [0.25, 0.3) is 5.95 Å². The molecule has 3 aromatic rings. The summed E-state index contributed by atoms with van der Waals surface area (Å²) in [6.45, 7) is 9.99. The van der Waals surface area contributed by atoms with Gasteiger partial charge in [-0.15, -0.1) is 0 Å². The fourth-order valence-electron chi connectivity index (χ4n) is 2.25. The van der Waals surface area contributed by atoms with Crippen LogP contribution in [-0.2, 0) is 0 Å². The van der Waals surface area contributed by atoms with E-state index < -0.39 is 0 Å². The molecule has 0 radical (unpaired) electrons. The van der Waals surface area contributed by atoms with E-state index in [1.54, 1.807) is 23.1 Å². The average Bonchev–Trinajstić information content (AvgIpc) is 3.02. The third-order valence-electron chi connectivity index (χ3n) is 3.10. The lowest BCUT2D eigenvalue weighted by molar-refractivity contribution is 0.802. The number of hydrogen-bond acceptors (Lipinski definition) is 4. The van der Waals surface area contributed by atoms with Crippen molar-refractivity contribution >= 4 is 5.82 Å². The maximum absolute atomic E-state index is 4.56. The average molecular weight is 325 g/mol. The highest BCUT2D eigenvalue weighted by Gasteiger charge is 2.17. The summed E-state index contributed by atoms with van der Waals surface area (Å²) < 4.78 is 1.73. The van der Waals surface area contributed by atoms with Gasteiger partial charge in [-0.2, -0.15) is 9.78 Å². The lowest BCUT2D eigenvalue weighted by atomic mass is 10.1. The molecule has 5 nitrogen and oxygen atoms in total. The molecule has 5 heteroatoms. The quantitative estimate of drug-likeness (QED) is 0.756. The van der Waals surface area contributed by atoms with Crippen LogP contribution < -0.4 is 5.32 Å². The van der Waals surface area contributed by atoms with Crippen molar-refractivity contribution in [1.82, 2.24) is 19.7 Å². The van der Waals surface area contributed by atoms with Crippen molar-refractivity contribution in [3.8, 4) is 17.1 Å². The molecule has 0 saturated carbocycles. The van der Waals surface area contributed by atoms with Gasteiger partial charge in [-0.1, -0.05) is 58.0 Å². The van der Waals surface area contributed by atoms with E-state index in [1.807, 2.05) is 59.9 Å². The van der Waals surface area contributed by atoms with Crippen LogP contribution in [0.3, 0.4) is 0 Å². The van der Waals surface area contributed by atoms with Crippen LogP contribution in [0.1, 0.15) is 33.4 Å². The van der Waals surface area contributed by atoms with Gasteiger partial charge in [-0.3, -0.25) is 0 Å². The predicted octanol–water partition coefficient (Wildman–Crippen LogP) is 4.73. The minimum atomic E-state index is 0.558. The van der Waals surface area contributed by atoms with Crippen molar-refractivity contribution < 1.29 is 0 Å². The summed E-state index contributed by atoms with van der Waals surface area (Å²) in [5.41, 5.74) is 3.13. The summed E-state index contributed by atoms with van der Waals surface area (Å²) in [5.74, 6) is 1.45. The molecule has 2 heterocycles. The van der Waals surface area contributed by atoms with Gasteiger partial charge < -0.3 is 5.32 Å². The second-order valence-electron chi connectivity index (χ2n) is 4.39. The smallest absolute Gasteiger partial charge is 0.252 e. The highest BCUT2D eigenvalue weighted by atomic mass is 15.4. The van der Waals surface area contributed by atoms with E-state index in [0.29, 0.717) is 5.95 Å². The minimum Gasteiger partial charge on any atom is -0.372 e. The van der Waals surface area contributed by atoms with Crippen LogP contribution in [0.5, 0.6) is 0 Å². The Morgan fingerprint density at radius 1 is 0.875 bits per heavy atom. The Labute approximate surface area is 144 Å². The fraction of sp³-hybridized carbons (Fsp3) is 0.316. The van der Waals surface area contributed by atoms with Gasteiger partial charge in [-0.25, -0.2) is 9.97 Å². The third kappa shape index (κ3) is 4.19. The SMILES string of the molecule is CC.CC.CNc1c(-c2ccccc2)c(C)nn1-c1ncccn1. The Morgan fingerprint density at radius 3 is 2.00 bits per heavy atom. The highest BCUT2D eigenvalue weighted by Crippen LogP contribution is 2.31. The van der Waals surface area contributed by atoms with E-state index in [9.17, 15) is 0 Å². The Bertz CT molecular complexity index is 705. The second-order valence-corrected chi connectivity index (χ2v) is 4.39. The normalized spacial score (nSPS) is 9.25. The number of anilines is 1. The minimum absolute atomic E-state index is 0.558. The molecule has 3 rings (SSSR count). The van der Waals surface area contributed by atoms with Crippen molar-refractivity contribution in [1.29, 1.82) is 0 Å². The van der Waals surface area contributed by atoms with Crippen molar-refractivity contribution in [2.45, 2.75) is 34.6 Å². The Morgan fingerprint density at radius 2 is 1.46 bits per heavy atom. The molecular formula is C19H27N5. The fourth-order valence-corrected chi connectivity index (χ4v) is 2.25. The second kappa shape index (κ2) is 10.2. The van der Waals surface area contributed by atoms with Crippen LogP contribution in [0.25, 0.3) is 17.1 Å². The highest BCUT2D eigenvalue weighted by molar-refractivity contribution is 5.78. The zero-order chi connectivity index (χ0) is 17.9. The van der Waals surface area contributed by atoms with Gasteiger partial charge in [0, 0.05) is 25.0 Å². The first-order valence-corrected chi connectivity index (χ1v) is 8.41. The van der Waals surface area contributed by atoms with Crippen molar-refractivity contribution in [3.63, 3.8) is 0 Å². The zero-order valence-corrected chi connectivity index (χ0v) is 15.4. The van der Waals surface area contributed by atoms with Crippen LogP contribution in [-0.4, -0.2) is 26.8 Å². The summed E-state index contributed by atoms with van der Waals surface area (Å²) in [6.07, 6.45) is 3.42. The number of benzene rings is 1. The monoisotopic (exact) mass is 325 g/mol. The zero-order valence-electron chi connectivity index (χ0n) is 15.4. The van der Waals surface area contributed by atoms with E-state index in [2.05, 4.69) is 32.5 Å². The lowest BCUT2D eigenvalue weighted by Crippen LogP contribution is -2.06. The van der Waals surface area contributed by atoms with Gasteiger partial charge in [0.15, 0.2) is 0 Å². The van der Waals surface area contributed by atoms with Gasteiger partial charge >= 0.3 is 0 Å². The summed E-state index contributed by atoms with van der Waals surface area (Å²) in [4.78, 5) is 8.51. The topological polar surface area (TPSA) is 55.6 Å². The summed E-state index contributed by atoms with van der Waals surface area (Å²) in [6, 6.07) is 12.0. The molecule has 0 fully saturated rings. The number of aromatic nitrogens is 4. The van der Waals surface area contributed by atoms with E-state index in [4.69, 9.17) is 0 Å². The lowest BCUT2D eigenvalue weighted by Gasteiger charge is -2.07. The van der Waals surface area contributed by atoms with E-state index >= 15 is 0 Å². The third-order valence-corrected chi connectivity index (χ3v) is 3.10. The standard InChI is InChI=1S/C15H15N5.2C2H6/c1-11-13(12-7-4-3-5-8-12)14(16-2)20(19-11)15-17-9-6-10-18-15;2*1-2/h3-10,16H,1-2H3;2*1-2H3. The molecule has 0 saturated heterocycles. The van der Waals surface area contributed by atoms with Gasteiger partial charge in [0.1, 0.15) is 5.82 Å². The Balaban J connectivity index is 0.000000671. The first-order chi connectivity index (χ1) is 11.8. The molecular weight excluding hydrogens is 298 g/mol. The molecule has 0 atom stereocenters. The van der Waals surface area contributed by atoms with Gasteiger partial charge in [0.05, 0.1) is 5.69 Å². The Kier molecular flexibility index (Phi) is 8.19. The molecule has 0 bridgehead atoms. The molecule has 0 unspecified atom stereocenters. The van der Waals surface area contributed by atoms with Gasteiger partial charge in [-0.05, 0) is 18.6 Å². The Hall–Kier alpha value is -2.69. The molecule has 0 aliphatic heterocycles. The predicted molar refractivity (Wildman–Crippen MR) is 102 cm³/mol. The van der Waals surface area contributed by atoms with Crippen LogP contribution >= 0.6 is 0 Å². The first-order valence-electron chi connectivity index (χ1n) is 8.41. The molecule has 0 aliphatic carbocycles. The molecule has 1 N–H and O–H groups in total. The molecule has 0 aliphatic rings. The van der Waals surface area contributed by atoms with Crippen LogP contribution in [0.4, 0.5) is 5.82 Å². The molecule has 0 spiro atoms.